The number of carbonyl (C=O) groups is 4. The number of para-hydroxylation sites is 1. The normalized spacial score (nSPS) is 16.5. The van der Waals surface area contributed by atoms with Gasteiger partial charge in [0.2, 0.25) is 23.9 Å². The van der Waals surface area contributed by atoms with Gasteiger partial charge in [-0.3, -0.25) is 24.1 Å². The minimum absolute atomic E-state index is 0.0796. The van der Waals surface area contributed by atoms with Gasteiger partial charge in [0.25, 0.3) is 5.91 Å². The third-order valence-corrected chi connectivity index (χ3v) is 7.09. The summed E-state index contributed by atoms with van der Waals surface area (Å²) in [5.41, 5.74) is 13.7. The second-order valence-corrected chi connectivity index (χ2v) is 10.1. The molecule has 0 radical (unpaired) electrons. The predicted molar refractivity (Wildman–Crippen MR) is 153 cm³/mol. The number of thiol groups is 1. The predicted octanol–water partition coefficient (Wildman–Crippen LogP) is 0.635. The zero-order valence-electron chi connectivity index (χ0n) is 21.2. The molecule has 1 heterocycles. The second kappa shape index (κ2) is 13.4. The van der Waals surface area contributed by atoms with Crippen molar-refractivity contribution in [3.8, 4) is 0 Å². The molecule has 2 aromatic rings. The topological polar surface area (TPSA) is 151 Å². The van der Waals surface area contributed by atoms with E-state index in [1.54, 1.807) is 24.3 Å². The lowest BCUT2D eigenvalue weighted by molar-refractivity contribution is -0.138. The molecule has 0 saturated carbocycles. The number of anilines is 1. The summed E-state index contributed by atoms with van der Waals surface area (Å²) in [6.07, 6.45) is 0.941. The van der Waals surface area contributed by atoms with Crippen LogP contribution in [0.5, 0.6) is 0 Å². The molecule has 5 N–H and O–H groups in total. The molecule has 3 rings (SSSR count). The van der Waals surface area contributed by atoms with Crippen molar-refractivity contribution in [3.63, 3.8) is 0 Å². The van der Waals surface area contributed by atoms with Gasteiger partial charge in [-0.25, -0.2) is 4.99 Å². The van der Waals surface area contributed by atoms with Crippen LogP contribution in [0.1, 0.15) is 17.5 Å². The van der Waals surface area contributed by atoms with Crippen LogP contribution in [0.2, 0.25) is 0 Å². The first-order valence-electron chi connectivity index (χ1n) is 11.9. The number of rotatable bonds is 11. The van der Waals surface area contributed by atoms with Gasteiger partial charge in [-0.1, -0.05) is 48.5 Å². The van der Waals surface area contributed by atoms with Crippen LogP contribution < -0.4 is 21.7 Å². The Morgan fingerprint density at radius 2 is 1.82 bits per heavy atom. The fourth-order valence-corrected chi connectivity index (χ4v) is 4.65. The number of nitrogens with one attached hydrogen (secondary N) is 1. The number of nitrogens with two attached hydrogens (primary N) is 2. The monoisotopic (exact) mass is 556 g/mol. The van der Waals surface area contributed by atoms with Crippen LogP contribution in [0.15, 0.2) is 59.6 Å². The molecule has 1 aliphatic heterocycles. The Morgan fingerprint density at radius 3 is 2.45 bits per heavy atom. The van der Waals surface area contributed by atoms with Crippen LogP contribution in [-0.4, -0.2) is 83.8 Å². The standard InChI is InChI=1S/C26H32N6O4S2/c1-31(25(35)18(27)15-37)24-26(36)32(14-21(33)29-19(23(28)34)12-13-38-2)20-11-7-6-10-17(20)22(30-24)16-8-4-3-5-9-16/h3-11,18-19,24,37H,12-15,27H2,1-2H3,(H2,28,34)(H,29,33)/t18-,19-,24+/m0/s1. The molecule has 38 heavy (non-hydrogen) atoms. The first-order valence-corrected chi connectivity index (χ1v) is 14.0. The van der Waals surface area contributed by atoms with E-state index in [1.807, 2.05) is 36.6 Å². The van der Waals surface area contributed by atoms with Crippen molar-refractivity contribution >= 4 is 59.4 Å². The van der Waals surface area contributed by atoms with E-state index in [1.165, 1.54) is 28.6 Å². The molecule has 1 aliphatic rings. The molecule has 0 bridgehead atoms. The van der Waals surface area contributed by atoms with Crippen LogP contribution in [0.3, 0.4) is 0 Å². The highest BCUT2D eigenvalue weighted by molar-refractivity contribution is 7.98. The Hall–Kier alpha value is -3.35. The maximum Gasteiger partial charge on any atom is 0.272 e. The molecule has 12 heteroatoms. The SMILES string of the molecule is CSCC[C@H](NC(=O)CN1C(=O)[C@@H](N(C)C(=O)[C@@H](N)CS)N=C(c2ccccc2)c2ccccc21)C(N)=O. The number of hydrogen-bond donors (Lipinski definition) is 4. The Labute approximate surface area is 231 Å². The highest BCUT2D eigenvalue weighted by Crippen LogP contribution is 2.29. The van der Waals surface area contributed by atoms with Gasteiger partial charge < -0.3 is 21.7 Å². The lowest BCUT2D eigenvalue weighted by Gasteiger charge is -2.30. The van der Waals surface area contributed by atoms with E-state index in [4.69, 9.17) is 16.5 Å². The summed E-state index contributed by atoms with van der Waals surface area (Å²) in [5, 5.41) is 2.64. The van der Waals surface area contributed by atoms with E-state index in [-0.39, 0.29) is 5.75 Å². The van der Waals surface area contributed by atoms with Gasteiger partial charge in [0.1, 0.15) is 12.6 Å². The number of hydrogen-bond acceptors (Lipinski definition) is 8. The van der Waals surface area contributed by atoms with Crippen molar-refractivity contribution in [2.24, 2.45) is 16.5 Å². The highest BCUT2D eigenvalue weighted by atomic mass is 32.2. The summed E-state index contributed by atoms with van der Waals surface area (Å²) in [6, 6.07) is 14.5. The number of likely N-dealkylation sites (N-methyl/N-ethyl adjacent to an activating group) is 1. The van der Waals surface area contributed by atoms with Crippen LogP contribution in [0.25, 0.3) is 0 Å². The Kier molecular flexibility index (Phi) is 10.3. The molecule has 0 saturated heterocycles. The number of amides is 4. The quantitative estimate of drug-likeness (QED) is 0.298. The Balaban J connectivity index is 2.07. The number of nitrogens with zero attached hydrogens (tertiary/aromatic N) is 3. The molecule has 0 spiro atoms. The molecule has 0 aromatic heterocycles. The number of benzene rings is 2. The summed E-state index contributed by atoms with van der Waals surface area (Å²) < 4.78 is 0. The maximum absolute atomic E-state index is 14.0. The van der Waals surface area contributed by atoms with Gasteiger partial charge in [-0.15, -0.1) is 0 Å². The molecule has 2 aromatic carbocycles. The van der Waals surface area contributed by atoms with Crippen LogP contribution in [0, 0.1) is 0 Å². The molecule has 0 aliphatic carbocycles. The van der Waals surface area contributed by atoms with Crippen molar-refractivity contribution in [1.29, 1.82) is 0 Å². The van der Waals surface area contributed by atoms with E-state index in [0.717, 1.165) is 5.56 Å². The highest BCUT2D eigenvalue weighted by Gasteiger charge is 2.38. The average Bonchev–Trinajstić information content (AvgIpc) is 3.04. The molecule has 3 atom stereocenters. The van der Waals surface area contributed by atoms with Crippen LogP contribution in [-0.2, 0) is 19.2 Å². The molecular formula is C26H32N6O4S2. The Bertz CT molecular complexity index is 1210. The number of fused-ring (bicyclic) bond motifs is 1. The summed E-state index contributed by atoms with van der Waals surface area (Å²) in [7, 11) is 1.44. The van der Waals surface area contributed by atoms with Gasteiger partial charge in [0.15, 0.2) is 0 Å². The fourth-order valence-electron chi connectivity index (χ4n) is 4.02. The maximum atomic E-state index is 14.0. The third-order valence-electron chi connectivity index (χ3n) is 6.05. The lowest BCUT2D eigenvalue weighted by Crippen LogP contribution is -2.55. The van der Waals surface area contributed by atoms with Gasteiger partial charge in [-0.2, -0.15) is 24.4 Å². The molecule has 10 nitrogen and oxygen atoms in total. The molecular weight excluding hydrogens is 524 g/mol. The number of primary amides is 1. The zero-order valence-corrected chi connectivity index (χ0v) is 23.0. The molecule has 0 unspecified atom stereocenters. The van der Waals surface area contributed by atoms with E-state index >= 15 is 0 Å². The zero-order chi connectivity index (χ0) is 27.8. The van der Waals surface area contributed by atoms with Gasteiger partial charge in [0, 0.05) is 23.9 Å². The van der Waals surface area contributed by atoms with E-state index in [2.05, 4.69) is 17.9 Å². The molecule has 0 fully saturated rings. The summed E-state index contributed by atoms with van der Waals surface area (Å²) >= 11 is 5.63. The Morgan fingerprint density at radius 1 is 1.16 bits per heavy atom. The largest absolute Gasteiger partial charge is 0.368 e. The van der Waals surface area contributed by atoms with Gasteiger partial charge >= 0.3 is 0 Å². The minimum Gasteiger partial charge on any atom is -0.368 e. The van der Waals surface area contributed by atoms with E-state index < -0.39 is 48.4 Å². The number of carbonyl (C=O) groups excluding carboxylic acids is 4. The van der Waals surface area contributed by atoms with Crippen molar-refractivity contribution in [2.75, 3.05) is 36.3 Å². The molecule has 4 amide bonds. The fraction of sp³-hybridized carbons (Fsp3) is 0.346. The number of benzodiazepines with no additional fused rings is 1. The van der Waals surface area contributed by atoms with Crippen LogP contribution in [0.4, 0.5) is 5.69 Å². The average molecular weight is 557 g/mol. The summed E-state index contributed by atoms with van der Waals surface area (Å²) in [6.45, 7) is -0.409. The van der Waals surface area contributed by atoms with Crippen molar-refractivity contribution in [3.05, 3.63) is 65.7 Å². The van der Waals surface area contributed by atoms with Crippen molar-refractivity contribution in [2.45, 2.75) is 24.7 Å². The van der Waals surface area contributed by atoms with Crippen LogP contribution >= 0.6 is 24.4 Å². The smallest absolute Gasteiger partial charge is 0.272 e. The van der Waals surface area contributed by atoms with Crippen molar-refractivity contribution in [1.82, 2.24) is 10.2 Å². The van der Waals surface area contributed by atoms with Gasteiger partial charge in [-0.05, 0) is 24.5 Å². The van der Waals surface area contributed by atoms with Gasteiger partial charge in [0.05, 0.1) is 17.4 Å². The molecule has 202 valence electrons. The van der Waals surface area contributed by atoms with Crippen molar-refractivity contribution < 1.29 is 19.2 Å². The number of thioether (sulfide) groups is 1. The first kappa shape index (κ1) is 29.2. The minimum atomic E-state index is -1.30. The first-order chi connectivity index (χ1) is 18.2. The summed E-state index contributed by atoms with van der Waals surface area (Å²) in [5.74, 6) is -1.64. The number of aliphatic imine (C=N–C) groups is 1. The third kappa shape index (κ3) is 6.74. The van der Waals surface area contributed by atoms with E-state index in [9.17, 15) is 19.2 Å². The second-order valence-electron chi connectivity index (χ2n) is 8.70. The summed E-state index contributed by atoms with van der Waals surface area (Å²) in [4.78, 5) is 59.1. The lowest BCUT2D eigenvalue weighted by atomic mass is 10.0. The van der Waals surface area contributed by atoms with E-state index in [0.29, 0.717) is 29.1 Å².